The van der Waals surface area contributed by atoms with Crippen molar-refractivity contribution in [3.05, 3.63) is 74.6 Å². The quantitative estimate of drug-likeness (QED) is 0.574. The van der Waals surface area contributed by atoms with Crippen molar-refractivity contribution < 1.29 is 23.8 Å². The molecule has 0 unspecified atom stereocenters. The molecule has 3 aromatic rings. The van der Waals surface area contributed by atoms with E-state index >= 15 is 0 Å². The molecule has 1 heterocycles. The van der Waals surface area contributed by atoms with E-state index in [2.05, 4.69) is 5.32 Å². The zero-order valence-corrected chi connectivity index (χ0v) is 17.1. The normalized spacial score (nSPS) is 11.8. The van der Waals surface area contributed by atoms with Gasteiger partial charge in [0.2, 0.25) is 5.91 Å². The van der Waals surface area contributed by atoms with Crippen LogP contribution in [0.2, 0.25) is 5.02 Å². The summed E-state index contributed by atoms with van der Waals surface area (Å²) in [5.41, 5.74) is 1.10. The van der Waals surface area contributed by atoms with Gasteiger partial charge in [-0.15, -0.1) is 0 Å². The first-order chi connectivity index (χ1) is 14.3. The second-order valence-electron chi connectivity index (χ2n) is 6.80. The highest BCUT2D eigenvalue weighted by atomic mass is 35.5. The van der Waals surface area contributed by atoms with Crippen molar-refractivity contribution in [2.24, 2.45) is 0 Å². The average Bonchev–Trinajstić information content (AvgIpc) is 2.71. The maximum atomic E-state index is 12.5. The lowest BCUT2D eigenvalue weighted by Gasteiger charge is -2.20. The van der Waals surface area contributed by atoms with Crippen LogP contribution < -0.4 is 20.8 Å². The molecular weight excluding hydrogens is 410 g/mol. The Bertz CT molecular complexity index is 1150. The summed E-state index contributed by atoms with van der Waals surface area (Å²) in [4.78, 5) is 36.4. The van der Waals surface area contributed by atoms with Gasteiger partial charge in [0.15, 0.2) is 0 Å². The van der Waals surface area contributed by atoms with Crippen molar-refractivity contribution in [1.29, 1.82) is 0 Å². The van der Waals surface area contributed by atoms with Crippen LogP contribution in [0.1, 0.15) is 16.7 Å². The van der Waals surface area contributed by atoms with Gasteiger partial charge in [0, 0.05) is 16.5 Å². The largest absolute Gasteiger partial charge is 0.548 e. The SMILES string of the molecule is COc1ccc2c(C)c(CC(=O)N[C@@H](Cc3ccc(Cl)cc3)C(=O)[O-])c(=O)oc2c1. The van der Waals surface area contributed by atoms with E-state index in [4.69, 9.17) is 20.8 Å². The van der Waals surface area contributed by atoms with Gasteiger partial charge in [-0.2, -0.15) is 0 Å². The molecule has 0 saturated carbocycles. The zero-order valence-electron chi connectivity index (χ0n) is 16.4. The predicted octanol–water partition coefficient (Wildman–Crippen LogP) is 1.78. The number of hydrogen-bond donors (Lipinski definition) is 1. The van der Waals surface area contributed by atoms with Crippen LogP contribution in [-0.2, 0) is 22.4 Å². The number of amides is 1. The summed E-state index contributed by atoms with van der Waals surface area (Å²) in [6, 6.07) is 10.4. The number of aryl methyl sites for hydroxylation is 1. The lowest BCUT2D eigenvalue weighted by atomic mass is 10.0. The van der Waals surface area contributed by atoms with E-state index in [9.17, 15) is 19.5 Å². The molecule has 8 heteroatoms. The van der Waals surface area contributed by atoms with Gasteiger partial charge in [0.25, 0.3) is 0 Å². The van der Waals surface area contributed by atoms with E-state index in [1.165, 1.54) is 7.11 Å². The molecule has 1 aromatic heterocycles. The number of fused-ring (bicyclic) bond motifs is 1. The summed E-state index contributed by atoms with van der Waals surface area (Å²) in [7, 11) is 1.50. The number of benzene rings is 2. The highest BCUT2D eigenvalue weighted by molar-refractivity contribution is 6.30. The monoisotopic (exact) mass is 428 g/mol. The van der Waals surface area contributed by atoms with Gasteiger partial charge in [-0.05, 0) is 48.7 Å². The van der Waals surface area contributed by atoms with Crippen LogP contribution in [-0.4, -0.2) is 25.0 Å². The smallest absolute Gasteiger partial charge is 0.340 e. The summed E-state index contributed by atoms with van der Waals surface area (Å²) in [5.74, 6) is -1.51. The number of carbonyl (C=O) groups excluding carboxylic acids is 2. The second kappa shape index (κ2) is 9.00. The van der Waals surface area contributed by atoms with Gasteiger partial charge in [-0.3, -0.25) is 4.79 Å². The topological polar surface area (TPSA) is 109 Å². The molecule has 1 atom stereocenters. The standard InChI is InChI=1S/C22H20ClNO6/c1-12-16-8-7-15(29-2)10-19(16)30-22(28)17(12)11-20(25)24-18(21(26)27)9-13-3-5-14(23)6-4-13/h3-8,10,18H,9,11H2,1-2H3,(H,24,25)(H,26,27)/p-1/t18-/m0/s1. The van der Waals surface area contributed by atoms with Gasteiger partial charge in [-0.25, -0.2) is 4.79 Å². The Hall–Kier alpha value is -3.32. The fourth-order valence-electron chi connectivity index (χ4n) is 3.16. The van der Waals surface area contributed by atoms with Gasteiger partial charge in [0.1, 0.15) is 11.3 Å². The van der Waals surface area contributed by atoms with Crippen molar-refractivity contribution in [3.63, 3.8) is 0 Å². The number of carboxylic acids is 1. The third-order valence-electron chi connectivity index (χ3n) is 4.80. The summed E-state index contributed by atoms with van der Waals surface area (Å²) < 4.78 is 10.4. The number of nitrogens with one attached hydrogen (secondary N) is 1. The minimum Gasteiger partial charge on any atom is -0.548 e. The molecule has 0 radical (unpaired) electrons. The first-order valence-electron chi connectivity index (χ1n) is 9.13. The number of aliphatic carboxylic acids is 1. The highest BCUT2D eigenvalue weighted by Crippen LogP contribution is 2.24. The first kappa shape index (κ1) is 21.4. The molecule has 30 heavy (non-hydrogen) atoms. The third-order valence-corrected chi connectivity index (χ3v) is 5.06. The van der Waals surface area contributed by atoms with Crippen LogP contribution in [0, 0.1) is 6.92 Å². The molecule has 0 saturated heterocycles. The van der Waals surface area contributed by atoms with Crippen LogP contribution >= 0.6 is 11.6 Å². The lowest BCUT2D eigenvalue weighted by Crippen LogP contribution is -2.49. The molecule has 1 amide bonds. The van der Waals surface area contributed by atoms with Gasteiger partial charge >= 0.3 is 5.63 Å². The Morgan fingerprint density at radius 3 is 2.53 bits per heavy atom. The maximum Gasteiger partial charge on any atom is 0.340 e. The minimum absolute atomic E-state index is 0.0242. The third kappa shape index (κ3) is 4.80. The number of carbonyl (C=O) groups is 2. The average molecular weight is 429 g/mol. The second-order valence-corrected chi connectivity index (χ2v) is 7.24. The summed E-state index contributed by atoms with van der Waals surface area (Å²) in [6.07, 6.45) is -0.295. The van der Waals surface area contributed by atoms with Crippen molar-refractivity contribution >= 4 is 34.4 Å². The van der Waals surface area contributed by atoms with Crippen molar-refractivity contribution in [3.8, 4) is 5.75 Å². The molecule has 0 fully saturated rings. The van der Waals surface area contributed by atoms with E-state index in [1.54, 1.807) is 49.4 Å². The number of hydrogen-bond acceptors (Lipinski definition) is 6. The molecule has 2 aromatic carbocycles. The Labute approximate surface area is 177 Å². The van der Waals surface area contributed by atoms with Crippen LogP contribution in [0.15, 0.2) is 51.7 Å². The summed E-state index contributed by atoms with van der Waals surface area (Å²) in [6.45, 7) is 1.71. The highest BCUT2D eigenvalue weighted by Gasteiger charge is 2.19. The van der Waals surface area contributed by atoms with E-state index in [-0.39, 0.29) is 18.4 Å². The number of rotatable bonds is 7. The fourth-order valence-corrected chi connectivity index (χ4v) is 3.29. The molecule has 7 nitrogen and oxygen atoms in total. The van der Waals surface area contributed by atoms with Crippen LogP contribution in [0.25, 0.3) is 11.0 Å². The molecule has 0 aliphatic carbocycles. The van der Waals surface area contributed by atoms with Crippen LogP contribution in [0.3, 0.4) is 0 Å². The number of halogens is 1. The molecule has 156 valence electrons. The maximum absolute atomic E-state index is 12.5. The van der Waals surface area contributed by atoms with Crippen molar-refractivity contribution in [2.45, 2.75) is 25.8 Å². The minimum atomic E-state index is -1.42. The van der Waals surface area contributed by atoms with Crippen molar-refractivity contribution in [1.82, 2.24) is 5.32 Å². The van der Waals surface area contributed by atoms with Crippen LogP contribution in [0.5, 0.6) is 5.75 Å². The Balaban J connectivity index is 1.80. The molecule has 0 bridgehead atoms. The van der Waals surface area contributed by atoms with E-state index in [0.29, 0.717) is 32.9 Å². The van der Waals surface area contributed by atoms with Gasteiger partial charge < -0.3 is 24.4 Å². The molecule has 3 rings (SSSR count). The van der Waals surface area contributed by atoms with Crippen LogP contribution in [0.4, 0.5) is 0 Å². The fraction of sp³-hybridized carbons (Fsp3) is 0.227. The molecule has 0 aliphatic rings. The lowest BCUT2D eigenvalue weighted by molar-refractivity contribution is -0.308. The molecule has 1 N–H and O–H groups in total. The molecule has 0 aliphatic heterocycles. The molecule has 0 spiro atoms. The predicted molar refractivity (Wildman–Crippen MR) is 110 cm³/mol. The first-order valence-corrected chi connectivity index (χ1v) is 9.51. The number of methoxy groups -OCH3 is 1. The Morgan fingerprint density at radius 2 is 1.90 bits per heavy atom. The van der Waals surface area contributed by atoms with Crippen molar-refractivity contribution in [2.75, 3.05) is 7.11 Å². The Kier molecular flexibility index (Phi) is 6.42. The molecular formula is C22H19ClNO6-. The van der Waals surface area contributed by atoms with E-state index < -0.39 is 23.5 Å². The summed E-state index contributed by atoms with van der Waals surface area (Å²) in [5, 5.41) is 15.1. The Morgan fingerprint density at radius 1 is 1.20 bits per heavy atom. The zero-order chi connectivity index (χ0) is 21.8. The van der Waals surface area contributed by atoms with E-state index in [1.807, 2.05) is 0 Å². The van der Waals surface area contributed by atoms with Gasteiger partial charge in [0.05, 0.1) is 31.1 Å². The number of ether oxygens (including phenoxy) is 1. The number of carboxylic acid groups (broad SMARTS) is 1. The van der Waals surface area contributed by atoms with E-state index in [0.717, 1.165) is 0 Å². The van der Waals surface area contributed by atoms with Gasteiger partial charge in [-0.1, -0.05) is 23.7 Å². The summed E-state index contributed by atoms with van der Waals surface area (Å²) >= 11 is 5.83.